The van der Waals surface area contributed by atoms with Gasteiger partial charge in [-0.25, -0.2) is 0 Å². The van der Waals surface area contributed by atoms with Crippen LogP contribution in [0.25, 0.3) is 11.5 Å². The molecule has 18 heavy (non-hydrogen) atoms. The van der Waals surface area contributed by atoms with Crippen LogP contribution < -0.4 is 5.32 Å². The maximum absolute atomic E-state index is 11.5. The molecule has 0 saturated carbocycles. The Morgan fingerprint density at radius 1 is 1.39 bits per heavy atom. The lowest BCUT2D eigenvalue weighted by Gasteiger charge is -2.05. The molecule has 5 heteroatoms. The minimum absolute atomic E-state index is 0.193. The number of nitrogens with zero attached hydrogens (tertiary/aromatic N) is 2. The molecule has 92 valence electrons. The number of carbonyl (C=O) groups excluding carboxylic acids is 1. The van der Waals surface area contributed by atoms with Gasteiger partial charge >= 0.3 is 0 Å². The van der Waals surface area contributed by atoms with Crippen LogP contribution in [-0.4, -0.2) is 16.0 Å². The summed E-state index contributed by atoms with van der Waals surface area (Å²) < 4.78 is 5.10. The number of benzene rings is 1. The number of allylic oxidation sites excluding steroid dienone is 1. The normalized spacial score (nSPS) is 10.8. The largest absolute Gasteiger partial charge is 0.334 e. The van der Waals surface area contributed by atoms with E-state index in [0.717, 1.165) is 0 Å². The molecule has 0 fully saturated rings. The van der Waals surface area contributed by atoms with Gasteiger partial charge in [0.2, 0.25) is 5.91 Å². The van der Waals surface area contributed by atoms with Gasteiger partial charge in [-0.15, -0.1) is 0 Å². The Morgan fingerprint density at radius 2 is 2.17 bits per heavy atom. The fourth-order valence-corrected chi connectivity index (χ4v) is 1.51. The highest BCUT2D eigenvalue weighted by atomic mass is 16.5. The van der Waals surface area contributed by atoms with E-state index in [1.165, 1.54) is 6.08 Å². The predicted octanol–water partition coefficient (Wildman–Crippen LogP) is 2.56. The van der Waals surface area contributed by atoms with Crippen molar-refractivity contribution < 1.29 is 9.32 Å². The van der Waals surface area contributed by atoms with Crippen molar-refractivity contribution in [2.75, 3.05) is 5.32 Å². The summed E-state index contributed by atoms with van der Waals surface area (Å²) in [6.07, 6.45) is 3.13. The third-order valence-electron chi connectivity index (χ3n) is 2.26. The van der Waals surface area contributed by atoms with E-state index in [1.54, 1.807) is 26.0 Å². The number of nitrogens with one attached hydrogen (secondary N) is 1. The lowest BCUT2D eigenvalue weighted by Crippen LogP contribution is -2.08. The first-order valence-electron chi connectivity index (χ1n) is 5.54. The second kappa shape index (κ2) is 5.27. The van der Waals surface area contributed by atoms with Crippen molar-refractivity contribution in [2.45, 2.75) is 13.8 Å². The Balaban J connectivity index is 2.34. The number of aromatic nitrogens is 2. The van der Waals surface area contributed by atoms with Crippen LogP contribution in [0.5, 0.6) is 0 Å². The van der Waals surface area contributed by atoms with Crippen LogP contribution in [0.15, 0.2) is 40.9 Å². The molecule has 2 aromatic rings. The number of aryl methyl sites for hydroxylation is 1. The number of anilines is 1. The quantitative estimate of drug-likeness (QED) is 0.841. The summed E-state index contributed by atoms with van der Waals surface area (Å²) in [5.41, 5.74) is 1.35. The first-order chi connectivity index (χ1) is 8.70. The van der Waals surface area contributed by atoms with E-state index in [0.29, 0.717) is 23.0 Å². The summed E-state index contributed by atoms with van der Waals surface area (Å²) in [4.78, 5) is 15.7. The molecule has 0 bridgehead atoms. The summed E-state index contributed by atoms with van der Waals surface area (Å²) in [5.74, 6) is 0.754. The Morgan fingerprint density at radius 3 is 2.83 bits per heavy atom. The molecule has 5 nitrogen and oxygen atoms in total. The topological polar surface area (TPSA) is 68.0 Å². The second-order valence-electron chi connectivity index (χ2n) is 3.68. The Bertz CT molecular complexity index is 587. The molecule has 1 N–H and O–H groups in total. The molecule has 0 saturated heterocycles. The first-order valence-corrected chi connectivity index (χ1v) is 5.54. The van der Waals surface area contributed by atoms with Gasteiger partial charge in [0.15, 0.2) is 5.82 Å². The molecule has 1 heterocycles. The Kier molecular flexibility index (Phi) is 3.52. The van der Waals surface area contributed by atoms with Crippen LogP contribution in [-0.2, 0) is 4.79 Å². The summed E-state index contributed by atoms with van der Waals surface area (Å²) >= 11 is 0. The van der Waals surface area contributed by atoms with Crippen LogP contribution in [0.4, 0.5) is 5.69 Å². The highest BCUT2D eigenvalue weighted by Crippen LogP contribution is 2.26. The zero-order valence-electron chi connectivity index (χ0n) is 10.2. The molecule has 0 spiro atoms. The third kappa shape index (κ3) is 2.63. The van der Waals surface area contributed by atoms with Crippen molar-refractivity contribution in [3.8, 4) is 11.5 Å². The van der Waals surface area contributed by atoms with Crippen molar-refractivity contribution in [1.82, 2.24) is 10.1 Å². The van der Waals surface area contributed by atoms with E-state index in [-0.39, 0.29) is 5.91 Å². The molecule has 0 radical (unpaired) electrons. The van der Waals surface area contributed by atoms with Crippen molar-refractivity contribution in [1.29, 1.82) is 0 Å². The standard InChI is InChI=1S/C13H13N3O2/c1-3-6-12(17)15-11-8-5-4-7-10(11)13-14-9(2)16-18-13/h3-8H,1-2H3,(H,15,17). The third-order valence-corrected chi connectivity index (χ3v) is 2.26. The fourth-order valence-electron chi connectivity index (χ4n) is 1.51. The molecule has 0 aliphatic heterocycles. The van der Waals surface area contributed by atoms with Crippen molar-refractivity contribution in [3.63, 3.8) is 0 Å². The van der Waals surface area contributed by atoms with Gasteiger partial charge in [0.05, 0.1) is 11.3 Å². The molecule has 2 rings (SSSR count). The van der Waals surface area contributed by atoms with Crippen LogP contribution in [0, 0.1) is 6.92 Å². The van der Waals surface area contributed by atoms with E-state index in [1.807, 2.05) is 18.2 Å². The van der Waals surface area contributed by atoms with Crippen molar-refractivity contribution in [2.24, 2.45) is 0 Å². The number of carbonyl (C=O) groups is 1. The van der Waals surface area contributed by atoms with Crippen LogP contribution in [0.2, 0.25) is 0 Å². The van der Waals surface area contributed by atoms with E-state index in [4.69, 9.17) is 4.52 Å². The molecular formula is C13H13N3O2. The van der Waals surface area contributed by atoms with Gasteiger partial charge < -0.3 is 9.84 Å². The van der Waals surface area contributed by atoms with Gasteiger partial charge in [0.25, 0.3) is 5.89 Å². The Labute approximate surface area is 105 Å². The SMILES string of the molecule is CC=CC(=O)Nc1ccccc1-c1nc(C)no1. The van der Waals surface area contributed by atoms with Gasteiger partial charge in [-0.3, -0.25) is 4.79 Å². The average Bonchev–Trinajstić information content (AvgIpc) is 2.77. The van der Waals surface area contributed by atoms with E-state index in [2.05, 4.69) is 15.5 Å². The lowest BCUT2D eigenvalue weighted by molar-refractivity contribution is -0.111. The molecule has 1 aromatic heterocycles. The molecule has 0 atom stereocenters. The zero-order chi connectivity index (χ0) is 13.0. The van der Waals surface area contributed by atoms with E-state index >= 15 is 0 Å². The van der Waals surface area contributed by atoms with Crippen molar-refractivity contribution in [3.05, 3.63) is 42.2 Å². The monoisotopic (exact) mass is 243 g/mol. The lowest BCUT2D eigenvalue weighted by atomic mass is 10.1. The average molecular weight is 243 g/mol. The molecule has 1 amide bonds. The molecule has 0 unspecified atom stereocenters. The number of rotatable bonds is 3. The summed E-state index contributed by atoms with van der Waals surface area (Å²) in [6, 6.07) is 7.28. The number of para-hydroxylation sites is 1. The minimum atomic E-state index is -0.193. The van der Waals surface area contributed by atoms with Gasteiger partial charge in [-0.1, -0.05) is 23.4 Å². The van der Waals surface area contributed by atoms with Gasteiger partial charge in [0.1, 0.15) is 0 Å². The van der Waals surface area contributed by atoms with Gasteiger partial charge in [-0.2, -0.15) is 4.98 Å². The smallest absolute Gasteiger partial charge is 0.260 e. The van der Waals surface area contributed by atoms with Crippen molar-refractivity contribution >= 4 is 11.6 Å². The second-order valence-corrected chi connectivity index (χ2v) is 3.68. The summed E-state index contributed by atoms with van der Waals surface area (Å²) in [6.45, 7) is 3.53. The molecule has 1 aromatic carbocycles. The highest BCUT2D eigenvalue weighted by Gasteiger charge is 2.11. The van der Waals surface area contributed by atoms with E-state index in [9.17, 15) is 4.79 Å². The van der Waals surface area contributed by atoms with Crippen LogP contribution >= 0.6 is 0 Å². The minimum Gasteiger partial charge on any atom is -0.334 e. The van der Waals surface area contributed by atoms with E-state index < -0.39 is 0 Å². The highest BCUT2D eigenvalue weighted by molar-refractivity contribution is 6.01. The predicted molar refractivity (Wildman–Crippen MR) is 67.9 cm³/mol. The number of amides is 1. The molecule has 0 aliphatic carbocycles. The van der Waals surface area contributed by atoms with Crippen LogP contribution in [0.1, 0.15) is 12.7 Å². The maximum Gasteiger partial charge on any atom is 0.260 e. The first kappa shape index (κ1) is 12.0. The zero-order valence-corrected chi connectivity index (χ0v) is 10.2. The molecule has 0 aliphatic rings. The maximum atomic E-state index is 11.5. The summed E-state index contributed by atoms with van der Waals surface area (Å²) in [5, 5.41) is 6.50. The molecular weight excluding hydrogens is 230 g/mol. The Hall–Kier alpha value is -2.43. The van der Waals surface area contributed by atoms with Gasteiger partial charge in [0, 0.05) is 0 Å². The summed E-state index contributed by atoms with van der Waals surface area (Å²) in [7, 11) is 0. The van der Waals surface area contributed by atoms with Crippen LogP contribution in [0.3, 0.4) is 0 Å². The number of hydrogen-bond acceptors (Lipinski definition) is 4. The number of hydrogen-bond donors (Lipinski definition) is 1. The fraction of sp³-hybridized carbons (Fsp3) is 0.154. The van der Waals surface area contributed by atoms with Gasteiger partial charge in [-0.05, 0) is 32.1 Å².